The van der Waals surface area contributed by atoms with Crippen molar-refractivity contribution in [3.05, 3.63) is 66.7 Å². The summed E-state index contributed by atoms with van der Waals surface area (Å²) in [6, 6.07) is 23.5. The van der Waals surface area contributed by atoms with Crippen molar-refractivity contribution in [2.75, 3.05) is 13.2 Å². The van der Waals surface area contributed by atoms with E-state index in [0.717, 1.165) is 37.6 Å². The predicted octanol–water partition coefficient (Wildman–Crippen LogP) is 8.70. The molecule has 0 amide bonds. The number of hydrogen-bond donors (Lipinski definition) is 0. The number of fused-ring (bicyclic) bond motifs is 3. The van der Waals surface area contributed by atoms with Gasteiger partial charge >= 0.3 is 0 Å². The molecule has 0 saturated heterocycles. The van der Waals surface area contributed by atoms with E-state index in [1.807, 2.05) is 0 Å². The van der Waals surface area contributed by atoms with Gasteiger partial charge in [0.05, 0.1) is 24.2 Å². The Labute approximate surface area is 198 Å². The van der Waals surface area contributed by atoms with Crippen molar-refractivity contribution >= 4 is 21.8 Å². The maximum Gasteiger partial charge on any atom is 0.120 e. The molecule has 0 fully saturated rings. The van der Waals surface area contributed by atoms with Gasteiger partial charge in [0.1, 0.15) is 11.5 Å². The minimum atomic E-state index is 0.773. The van der Waals surface area contributed by atoms with Gasteiger partial charge in [-0.15, -0.1) is 0 Å². The van der Waals surface area contributed by atoms with E-state index in [-0.39, 0.29) is 0 Å². The van der Waals surface area contributed by atoms with E-state index in [9.17, 15) is 0 Å². The van der Waals surface area contributed by atoms with E-state index >= 15 is 0 Å². The summed E-state index contributed by atoms with van der Waals surface area (Å²) in [6.45, 7) is 6.02. The number of ether oxygens (including phenoxy) is 2. The third-order valence-electron chi connectivity index (χ3n) is 6.26. The SMILES string of the molecule is CCCCCCOc1ccc2c(c1)c1cc(OCCCCCC)ccc1n2-c1ccccc1. The molecule has 4 rings (SSSR count). The molecule has 3 nitrogen and oxygen atoms in total. The van der Waals surface area contributed by atoms with Gasteiger partial charge in [-0.2, -0.15) is 0 Å². The van der Waals surface area contributed by atoms with Gasteiger partial charge in [0.15, 0.2) is 0 Å². The zero-order valence-electron chi connectivity index (χ0n) is 20.2. The number of unbranched alkanes of at least 4 members (excludes halogenated alkanes) is 6. The summed E-state index contributed by atoms with van der Waals surface area (Å²) in [7, 11) is 0. The van der Waals surface area contributed by atoms with Gasteiger partial charge in [-0.1, -0.05) is 70.6 Å². The van der Waals surface area contributed by atoms with Crippen LogP contribution >= 0.6 is 0 Å². The fourth-order valence-corrected chi connectivity index (χ4v) is 4.45. The molecule has 3 aromatic carbocycles. The number of para-hydroxylation sites is 1. The maximum atomic E-state index is 6.12. The highest BCUT2D eigenvalue weighted by Crippen LogP contribution is 2.36. The van der Waals surface area contributed by atoms with Gasteiger partial charge in [0, 0.05) is 16.5 Å². The highest BCUT2D eigenvalue weighted by atomic mass is 16.5. The van der Waals surface area contributed by atoms with E-state index in [1.165, 1.54) is 66.0 Å². The van der Waals surface area contributed by atoms with Crippen LogP contribution in [0.15, 0.2) is 66.7 Å². The number of benzene rings is 3. The molecule has 0 bridgehead atoms. The summed E-state index contributed by atoms with van der Waals surface area (Å²) >= 11 is 0. The lowest BCUT2D eigenvalue weighted by molar-refractivity contribution is 0.305. The fraction of sp³-hybridized carbons (Fsp3) is 0.400. The molecule has 0 aliphatic rings. The standard InChI is InChI=1S/C30H37NO2/c1-3-5-7-12-20-32-25-16-18-29-27(22-25)28-23-26(33-21-13-8-6-4-2)17-19-30(28)31(29)24-14-10-9-11-15-24/h9-11,14-19,22-23H,3-8,12-13,20-21H2,1-2H3. The molecule has 4 aromatic rings. The molecule has 0 atom stereocenters. The van der Waals surface area contributed by atoms with Crippen molar-refractivity contribution in [1.29, 1.82) is 0 Å². The summed E-state index contributed by atoms with van der Waals surface area (Å²) in [5.74, 6) is 1.88. The molecule has 33 heavy (non-hydrogen) atoms. The van der Waals surface area contributed by atoms with Crippen LogP contribution in [0.3, 0.4) is 0 Å². The lowest BCUT2D eigenvalue weighted by Gasteiger charge is -2.09. The van der Waals surface area contributed by atoms with Crippen LogP contribution in [-0.4, -0.2) is 17.8 Å². The van der Waals surface area contributed by atoms with Crippen LogP contribution < -0.4 is 9.47 Å². The van der Waals surface area contributed by atoms with Crippen molar-refractivity contribution in [3.63, 3.8) is 0 Å². The minimum Gasteiger partial charge on any atom is -0.494 e. The third-order valence-corrected chi connectivity index (χ3v) is 6.26. The normalized spacial score (nSPS) is 11.3. The first-order chi connectivity index (χ1) is 16.3. The summed E-state index contributed by atoms with van der Waals surface area (Å²) in [6.07, 6.45) is 9.70. The smallest absolute Gasteiger partial charge is 0.120 e. The molecule has 0 aliphatic carbocycles. The van der Waals surface area contributed by atoms with Crippen molar-refractivity contribution in [2.45, 2.75) is 65.2 Å². The zero-order chi connectivity index (χ0) is 22.9. The van der Waals surface area contributed by atoms with Gasteiger partial charge in [-0.05, 0) is 61.4 Å². The second-order valence-electron chi connectivity index (χ2n) is 8.85. The van der Waals surface area contributed by atoms with Crippen molar-refractivity contribution in [2.24, 2.45) is 0 Å². The highest BCUT2D eigenvalue weighted by molar-refractivity contribution is 6.10. The first kappa shape index (κ1) is 23.2. The van der Waals surface area contributed by atoms with Crippen LogP contribution in [0.5, 0.6) is 11.5 Å². The van der Waals surface area contributed by atoms with Gasteiger partial charge in [-0.3, -0.25) is 0 Å². The monoisotopic (exact) mass is 443 g/mol. The first-order valence-corrected chi connectivity index (χ1v) is 12.7. The average Bonchev–Trinajstić information content (AvgIpc) is 3.17. The maximum absolute atomic E-state index is 6.12. The summed E-state index contributed by atoms with van der Waals surface area (Å²) in [5.41, 5.74) is 3.54. The molecule has 1 aromatic heterocycles. The summed E-state index contributed by atoms with van der Waals surface area (Å²) in [4.78, 5) is 0. The quantitative estimate of drug-likeness (QED) is 0.193. The molecule has 1 heterocycles. The summed E-state index contributed by atoms with van der Waals surface area (Å²) < 4.78 is 14.6. The molecule has 0 radical (unpaired) electrons. The van der Waals surface area contributed by atoms with Crippen LogP contribution in [0.1, 0.15) is 65.2 Å². The second kappa shape index (κ2) is 11.8. The van der Waals surface area contributed by atoms with Crippen LogP contribution in [0.4, 0.5) is 0 Å². The van der Waals surface area contributed by atoms with Crippen molar-refractivity contribution in [3.8, 4) is 17.2 Å². The van der Waals surface area contributed by atoms with Crippen molar-refractivity contribution < 1.29 is 9.47 Å². The average molecular weight is 444 g/mol. The van der Waals surface area contributed by atoms with Crippen LogP contribution in [0.25, 0.3) is 27.5 Å². The minimum absolute atomic E-state index is 0.773. The van der Waals surface area contributed by atoms with Gasteiger partial charge in [0.2, 0.25) is 0 Å². The Bertz CT molecular complexity index is 1080. The van der Waals surface area contributed by atoms with E-state index in [2.05, 4.69) is 85.1 Å². The van der Waals surface area contributed by atoms with Crippen molar-refractivity contribution in [1.82, 2.24) is 4.57 Å². The summed E-state index contributed by atoms with van der Waals surface area (Å²) in [5, 5.41) is 2.41. The molecular weight excluding hydrogens is 406 g/mol. The number of nitrogens with zero attached hydrogens (tertiary/aromatic N) is 1. The Hall–Kier alpha value is -2.94. The molecule has 0 aliphatic heterocycles. The lowest BCUT2D eigenvalue weighted by Crippen LogP contribution is -1.97. The van der Waals surface area contributed by atoms with E-state index in [0.29, 0.717) is 0 Å². The molecule has 0 saturated carbocycles. The molecule has 0 spiro atoms. The number of aromatic nitrogens is 1. The lowest BCUT2D eigenvalue weighted by atomic mass is 10.1. The zero-order valence-corrected chi connectivity index (χ0v) is 20.2. The number of rotatable bonds is 13. The van der Waals surface area contributed by atoms with Gasteiger partial charge in [0.25, 0.3) is 0 Å². The Balaban J connectivity index is 1.66. The van der Waals surface area contributed by atoms with Crippen LogP contribution in [0.2, 0.25) is 0 Å². The van der Waals surface area contributed by atoms with E-state index in [4.69, 9.17) is 9.47 Å². The Kier molecular flexibility index (Phi) is 8.30. The van der Waals surface area contributed by atoms with E-state index in [1.54, 1.807) is 0 Å². The predicted molar refractivity (Wildman–Crippen MR) is 140 cm³/mol. The topological polar surface area (TPSA) is 23.4 Å². The Morgan fingerprint density at radius 1 is 0.576 bits per heavy atom. The van der Waals surface area contributed by atoms with Gasteiger partial charge < -0.3 is 14.0 Å². The van der Waals surface area contributed by atoms with Crippen LogP contribution in [-0.2, 0) is 0 Å². The molecule has 0 N–H and O–H groups in total. The van der Waals surface area contributed by atoms with E-state index < -0.39 is 0 Å². The fourth-order valence-electron chi connectivity index (χ4n) is 4.45. The molecular formula is C30H37NO2. The second-order valence-corrected chi connectivity index (χ2v) is 8.85. The third kappa shape index (κ3) is 5.71. The number of hydrogen-bond acceptors (Lipinski definition) is 2. The largest absolute Gasteiger partial charge is 0.494 e. The Morgan fingerprint density at radius 2 is 1.09 bits per heavy atom. The highest BCUT2D eigenvalue weighted by Gasteiger charge is 2.14. The molecule has 0 unspecified atom stereocenters. The molecule has 174 valence electrons. The molecule has 3 heteroatoms. The van der Waals surface area contributed by atoms with Crippen LogP contribution in [0, 0.1) is 0 Å². The van der Waals surface area contributed by atoms with Gasteiger partial charge in [-0.25, -0.2) is 0 Å². The first-order valence-electron chi connectivity index (χ1n) is 12.7. The Morgan fingerprint density at radius 3 is 1.58 bits per heavy atom.